The third-order valence-electron chi connectivity index (χ3n) is 1.30. The van der Waals surface area contributed by atoms with E-state index in [0.29, 0.717) is 5.16 Å². The highest BCUT2D eigenvalue weighted by Crippen LogP contribution is 2.31. The molecule has 0 atom stereocenters. The molecule has 7 heteroatoms. The van der Waals surface area contributed by atoms with E-state index in [1.54, 1.807) is 0 Å². The lowest BCUT2D eigenvalue weighted by atomic mass is 10.6. The van der Waals surface area contributed by atoms with Gasteiger partial charge in [-0.15, -0.1) is 4.91 Å². The van der Waals surface area contributed by atoms with Crippen molar-refractivity contribution in [3.63, 3.8) is 0 Å². The fraction of sp³-hybridized carbons (Fsp3) is 0.429. The second-order valence-electron chi connectivity index (χ2n) is 2.38. The van der Waals surface area contributed by atoms with E-state index >= 15 is 0 Å². The maximum Gasteiger partial charge on any atom is 0.190 e. The van der Waals surface area contributed by atoms with Gasteiger partial charge in [-0.25, -0.2) is 9.97 Å². The van der Waals surface area contributed by atoms with Crippen LogP contribution in [0.25, 0.3) is 0 Å². The van der Waals surface area contributed by atoms with E-state index in [0.717, 1.165) is 12.2 Å². The minimum atomic E-state index is -0.103. The Morgan fingerprint density at radius 3 is 2.36 bits per heavy atom. The van der Waals surface area contributed by atoms with Gasteiger partial charge in [-0.3, -0.25) is 0 Å². The van der Waals surface area contributed by atoms with Crippen molar-refractivity contribution in [3.05, 3.63) is 15.2 Å². The molecule has 0 aliphatic heterocycles. The Kier molecular flexibility index (Phi) is 4.57. The molecule has 0 saturated carbocycles. The lowest BCUT2D eigenvalue weighted by molar-refractivity contribution is 0.960. The number of halogens is 2. The van der Waals surface area contributed by atoms with Gasteiger partial charge in [0.25, 0.3) is 0 Å². The van der Waals surface area contributed by atoms with Crippen LogP contribution < -0.4 is 0 Å². The SMILES string of the molecule is CCCSc1nc(Cl)c(N=O)c(Cl)n1. The monoisotopic (exact) mass is 251 g/mol. The van der Waals surface area contributed by atoms with E-state index < -0.39 is 0 Å². The van der Waals surface area contributed by atoms with E-state index in [2.05, 4.69) is 15.1 Å². The van der Waals surface area contributed by atoms with Crippen LogP contribution in [0.3, 0.4) is 0 Å². The van der Waals surface area contributed by atoms with Crippen LogP contribution in [0.15, 0.2) is 10.3 Å². The van der Waals surface area contributed by atoms with Crippen LogP contribution in [0.4, 0.5) is 5.69 Å². The minimum absolute atomic E-state index is 0.00129. The molecule has 0 radical (unpaired) electrons. The summed E-state index contributed by atoms with van der Waals surface area (Å²) in [6.45, 7) is 2.04. The molecular weight excluding hydrogens is 245 g/mol. The van der Waals surface area contributed by atoms with Gasteiger partial charge in [-0.1, -0.05) is 41.9 Å². The molecule has 1 heterocycles. The molecule has 1 aromatic rings. The number of hydrogen-bond donors (Lipinski definition) is 0. The highest BCUT2D eigenvalue weighted by molar-refractivity contribution is 7.99. The van der Waals surface area contributed by atoms with Crippen molar-refractivity contribution in [2.75, 3.05) is 5.75 Å². The molecule has 0 amide bonds. The summed E-state index contributed by atoms with van der Waals surface area (Å²) in [5, 5.41) is 3.11. The van der Waals surface area contributed by atoms with Crippen molar-refractivity contribution < 1.29 is 0 Å². The first kappa shape index (κ1) is 11.7. The Morgan fingerprint density at radius 1 is 1.36 bits per heavy atom. The van der Waals surface area contributed by atoms with Crippen molar-refractivity contribution >= 4 is 40.7 Å². The maximum atomic E-state index is 10.3. The molecule has 0 aliphatic carbocycles. The topological polar surface area (TPSA) is 55.2 Å². The highest BCUT2D eigenvalue weighted by atomic mass is 35.5. The molecule has 0 aliphatic rings. The zero-order chi connectivity index (χ0) is 10.6. The van der Waals surface area contributed by atoms with Crippen LogP contribution in [0.5, 0.6) is 0 Å². The van der Waals surface area contributed by atoms with Crippen molar-refractivity contribution in [3.8, 4) is 0 Å². The number of nitroso groups, excluding NO2 is 1. The van der Waals surface area contributed by atoms with Gasteiger partial charge >= 0.3 is 0 Å². The molecule has 0 spiro atoms. The second-order valence-corrected chi connectivity index (χ2v) is 4.15. The van der Waals surface area contributed by atoms with Crippen LogP contribution in [0, 0.1) is 4.91 Å². The smallest absolute Gasteiger partial charge is 0.190 e. The lowest BCUT2D eigenvalue weighted by Gasteiger charge is -2.01. The predicted octanol–water partition coefficient (Wildman–Crippen LogP) is 3.68. The molecule has 0 fully saturated rings. The first-order chi connectivity index (χ1) is 6.69. The summed E-state index contributed by atoms with van der Waals surface area (Å²) in [4.78, 5) is 18.0. The molecule has 14 heavy (non-hydrogen) atoms. The molecule has 76 valence electrons. The van der Waals surface area contributed by atoms with Gasteiger partial charge in [0.05, 0.1) is 0 Å². The van der Waals surface area contributed by atoms with Crippen molar-refractivity contribution in [2.45, 2.75) is 18.5 Å². The summed E-state index contributed by atoms with van der Waals surface area (Å²) < 4.78 is 0. The van der Waals surface area contributed by atoms with Gasteiger partial charge < -0.3 is 0 Å². The van der Waals surface area contributed by atoms with Crippen molar-refractivity contribution in [1.29, 1.82) is 0 Å². The largest absolute Gasteiger partial charge is 0.208 e. The average Bonchev–Trinajstić information content (AvgIpc) is 2.14. The summed E-state index contributed by atoms with van der Waals surface area (Å²) >= 11 is 12.8. The van der Waals surface area contributed by atoms with Gasteiger partial charge in [-0.05, 0) is 11.6 Å². The summed E-state index contributed by atoms with van der Waals surface area (Å²) in [6.07, 6.45) is 0.997. The van der Waals surface area contributed by atoms with Gasteiger partial charge in [0, 0.05) is 5.75 Å². The number of rotatable bonds is 4. The zero-order valence-corrected chi connectivity index (χ0v) is 9.66. The Bertz CT molecular complexity index is 325. The first-order valence-corrected chi connectivity index (χ1v) is 5.62. The molecule has 0 saturated heterocycles. The molecule has 1 rings (SSSR count). The minimum Gasteiger partial charge on any atom is -0.208 e. The first-order valence-electron chi connectivity index (χ1n) is 3.88. The Balaban J connectivity index is 2.95. The third-order valence-corrected chi connectivity index (χ3v) is 2.89. The van der Waals surface area contributed by atoms with Gasteiger partial charge in [0.15, 0.2) is 21.2 Å². The Hall–Kier alpha value is -0.390. The van der Waals surface area contributed by atoms with E-state index in [9.17, 15) is 4.91 Å². The Morgan fingerprint density at radius 2 is 1.93 bits per heavy atom. The molecule has 4 nitrogen and oxygen atoms in total. The fourth-order valence-electron chi connectivity index (χ4n) is 0.717. The maximum absolute atomic E-state index is 10.3. The van der Waals surface area contributed by atoms with E-state index in [4.69, 9.17) is 23.2 Å². The van der Waals surface area contributed by atoms with E-state index in [1.165, 1.54) is 11.8 Å². The standard InChI is InChI=1S/C7H7Cl2N3OS/c1-2-3-14-7-10-5(8)4(12-13)6(9)11-7/h2-3H2,1H3. The van der Waals surface area contributed by atoms with Crippen LogP contribution in [-0.2, 0) is 0 Å². The van der Waals surface area contributed by atoms with Crippen molar-refractivity contribution in [1.82, 2.24) is 9.97 Å². The number of aromatic nitrogens is 2. The van der Waals surface area contributed by atoms with E-state index in [1.807, 2.05) is 6.92 Å². The van der Waals surface area contributed by atoms with Crippen LogP contribution >= 0.6 is 35.0 Å². The summed E-state index contributed by atoms with van der Waals surface area (Å²) in [5.74, 6) is 0.876. The van der Waals surface area contributed by atoms with Gasteiger partial charge in [0.1, 0.15) is 0 Å². The van der Waals surface area contributed by atoms with E-state index in [-0.39, 0.29) is 16.0 Å². The Labute approximate surface area is 95.4 Å². The molecular formula is C7H7Cl2N3OS. The molecule has 0 bridgehead atoms. The lowest BCUT2D eigenvalue weighted by Crippen LogP contribution is -1.89. The second kappa shape index (κ2) is 5.48. The van der Waals surface area contributed by atoms with Gasteiger partial charge in [0.2, 0.25) is 0 Å². The number of thioether (sulfide) groups is 1. The number of hydrogen-bond acceptors (Lipinski definition) is 5. The summed E-state index contributed by atoms with van der Waals surface area (Å²) in [7, 11) is 0. The predicted molar refractivity (Wildman–Crippen MR) is 58.5 cm³/mol. The van der Waals surface area contributed by atoms with Gasteiger partial charge in [-0.2, -0.15) is 0 Å². The molecule has 1 aromatic heterocycles. The molecule has 0 N–H and O–H groups in total. The molecule has 0 aromatic carbocycles. The third kappa shape index (κ3) is 2.80. The average molecular weight is 252 g/mol. The molecule has 0 unspecified atom stereocenters. The summed E-state index contributed by atoms with van der Waals surface area (Å²) in [6, 6.07) is 0. The summed E-state index contributed by atoms with van der Waals surface area (Å²) in [5.41, 5.74) is -0.103. The fourth-order valence-corrected chi connectivity index (χ4v) is 1.97. The van der Waals surface area contributed by atoms with Crippen LogP contribution in [0.1, 0.15) is 13.3 Å². The quantitative estimate of drug-likeness (QED) is 0.355. The van der Waals surface area contributed by atoms with Crippen LogP contribution in [0.2, 0.25) is 10.3 Å². The zero-order valence-electron chi connectivity index (χ0n) is 7.33. The highest BCUT2D eigenvalue weighted by Gasteiger charge is 2.11. The van der Waals surface area contributed by atoms with Crippen molar-refractivity contribution in [2.24, 2.45) is 5.18 Å². The normalized spacial score (nSPS) is 10.2. The van der Waals surface area contributed by atoms with Crippen LogP contribution in [-0.4, -0.2) is 15.7 Å². The number of nitrogens with zero attached hydrogens (tertiary/aromatic N) is 3.